The number of carbonyl (C=O) groups excluding carboxylic acids is 1. The average Bonchev–Trinajstić information content (AvgIpc) is 2.30. The zero-order valence-corrected chi connectivity index (χ0v) is 11.7. The summed E-state index contributed by atoms with van der Waals surface area (Å²) in [6.45, 7) is 4.26. The van der Waals surface area contributed by atoms with Gasteiger partial charge in [0.2, 0.25) is 5.91 Å². The van der Waals surface area contributed by atoms with E-state index in [1.54, 1.807) is 23.1 Å². The molecule has 0 heterocycles. The lowest BCUT2D eigenvalue weighted by Crippen LogP contribution is -2.29. The van der Waals surface area contributed by atoms with Crippen molar-refractivity contribution in [3.8, 4) is 0 Å². The SMILES string of the molecule is CCN(CC(=O)O)Cc1cc(Cl)ccc1NC(C)=O. The Balaban J connectivity index is 2.93. The minimum absolute atomic E-state index is 0.0531. The molecule has 0 unspecified atom stereocenters. The summed E-state index contributed by atoms with van der Waals surface area (Å²) < 4.78 is 0. The van der Waals surface area contributed by atoms with Gasteiger partial charge in [-0.05, 0) is 30.3 Å². The van der Waals surface area contributed by atoms with Crippen LogP contribution in [0.15, 0.2) is 18.2 Å². The Hall–Kier alpha value is -1.59. The minimum atomic E-state index is -0.884. The number of nitrogens with one attached hydrogen (secondary N) is 1. The highest BCUT2D eigenvalue weighted by Gasteiger charge is 2.12. The normalized spacial score (nSPS) is 10.5. The van der Waals surface area contributed by atoms with Crippen LogP contribution >= 0.6 is 11.6 Å². The monoisotopic (exact) mass is 284 g/mol. The number of hydrogen-bond acceptors (Lipinski definition) is 3. The van der Waals surface area contributed by atoms with E-state index in [1.807, 2.05) is 6.92 Å². The fraction of sp³-hybridized carbons (Fsp3) is 0.385. The number of nitrogens with zero attached hydrogens (tertiary/aromatic N) is 1. The van der Waals surface area contributed by atoms with Gasteiger partial charge in [-0.1, -0.05) is 18.5 Å². The lowest BCUT2D eigenvalue weighted by molar-refractivity contribution is -0.138. The maximum Gasteiger partial charge on any atom is 0.317 e. The van der Waals surface area contributed by atoms with E-state index in [9.17, 15) is 9.59 Å². The average molecular weight is 285 g/mol. The van der Waals surface area contributed by atoms with Gasteiger partial charge >= 0.3 is 5.97 Å². The summed E-state index contributed by atoms with van der Waals surface area (Å²) >= 11 is 5.94. The number of halogens is 1. The van der Waals surface area contributed by atoms with Crippen molar-refractivity contribution in [3.63, 3.8) is 0 Å². The first-order chi connectivity index (χ1) is 8.92. The van der Waals surface area contributed by atoms with Gasteiger partial charge in [0.1, 0.15) is 0 Å². The van der Waals surface area contributed by atoms with E-state index in [0.717, 1.165) is 5.56 Å². The first-order valence-corrected chi connectivity index (χ1v) is 6.30. The van der Waals surface area contributed by atoms with Crippen LogP contribution in [0, 0.1) is 0 Å². The summed E-state index contributed by atoms with van der Waals surface area (Å²) in [7, 11) is 0. The smallest absolute Gasteiger partial charge is 0.317 e. The van der Waals surface area contributed by atoms with Crippen LogP contribution in [0.2, 0.25) is 5.02 Å². The molecule has 0 atom stereocenters. The second-order valence-electron chi connectivity index (χ2n) is 4.18. The Bertz CT molecular complexity index is 477. The number of carboxylic acids is 1. The van der Waals surface area contributed by atoms with Crippen molar-refractivity contribution < 1.29 is 14.7 Å². The lowest BCUT2D eigenvalue weighted by atomic mass is 10.1. The quantitative estimate of drug-likeness (QED) is 0.840. The standard InChI is InChI=1S/C13H17ClN2O3/c1-3-16(8-13(18)19)7-10-6-11(14)4-5-12(10)15-9(2)17/h4-6H,3,7-8H2,1-2H3,(H,15,17)(H,18,19). The molecule has 104 valence electrons. The molecule has 0 fully saturated rings. The highest BCUT2D eigenvalue weighted by atomic mass is 35.5. The second kappa shape index (κ2) is 7.11. The van der Waals surface area contributed by atoms with E-state index in [2.05, 4.69) is 5.32 Å². The largest absolute Gasteiger partial charge is 0.480 e. The van der Waals surface area contributed by atoms with Gasteiger partial charge in [0.25, 0.3) is 0 Å². The number of amides is 1. The van der Waals surface area contributed by atoms with Crippen LogP contribution in [0.4, 0.5) is 5.69 Å². The molecule has 0 spiro atoms. The highest BCUT2D eigenvalue weighted by Crippen LogP contribution is 2.22. The van der Waals surface area contributed by atoms with E-state index in [1.165, 1.54) is 6.92 Å². The molecule has 0 radical (unpaired) electrons. The van der Waals surface area contributed by atoms with Gasteiger partial charge in [0, 0.05) is 24.2 Å². The number of anilines is 1. The van der Waals surface area contributed by atoms with Crippen molar-refractivity contribution in [2.24, 2.45) is 0 Å². The molecule has 1 aromatic carbocycles. The molecule has 1 aromatic rings. The van der Waals surface area contributed by atoms with E-state index < -0.39 is 5.97 Å². The summed E-state index contributed by atoms with van der Waals surface area (Å²) in [6, 6.07) is 5.13. The summed E-state index contributed by atoms with van der Waals surface area (Å²) in [4.78, 5) is 23.6. The van der Waals surface area contributed by atoms with Crippen LogP contribution in [0.25, 0.3) is 0 Å². The summed E-state index contributed by atoms with van der Waals surface area (Å²) in [5, 5.41) is 12.1. The molecule has 0 saturated heterocycles. The summed E-state index contributed by atoms with van der Waals surface area (Å²) in [5.74, 6) is -1.06. The molecule has 0 aliphatic rings. The minimum Gasteiger partial charge on any atom is -0.480 e. The van der Waals surface area contributed by atoms with E-state index in [4.69, 9.17) is 16.7 Å². The predicted octanol–water partition coefficient (Wildman–Crippen LogP) is 2.20. The molecule has 0 aliphatic carbocycles. The lowest BCUT2D eigenvalue weighted by Gasteiger charge is -2.20. The zero-order chi connectivity index (χ0) is 14.4. The van der Waals surface area contributed by atoms with Gasteiger partial charge in [-0.15, -0.1) is 0 Å². The van der Waals surface area contributed by atoms with Crippen molar-refractivity contribution >= 4 is 29.2 Å². The van der Waals surface area contributed by atoms with Crippen molar-refractivity contribution in [2.45, 2.75) is 20.4 Å². The molecule has 19 heavy (non-hydrogen) atoms. The van der Waals surface area contributed by atoms with E-state index in [-0.39, 0.29) is 12.5 Å². The number of carbonyl (C=O) groups is 2. The number of aliphatic carboxylic acids is 1. The van der Waals surface area contributed by atoms with Crippen LogP contribution in [0.5, 0.6) is 0 Å². The second-order valence-corrected chi connectivity index (χ2v) is 4.62. The molecule has 1 rings (SSSR count). The maximum atomic E-state index is 11.1. The third-order valence-corrected chi connectivity index (χ3v) is 2.81. The highest BCUT2D eigenvalue weighted by molar-refractivity contribution is 6.30. The van der Waals surface area contributed by atoms with Crippen LogP contribution in [-0.4, -0.2) is 35.0 Å². The Morgan fingerprint density at radius 2 is 2.11 bits per heavy atom. The summed E-state index contributed by atoms with van der Waals surface area (Å²) in [6.07, 6.45) is 0. The first-order valence-electron chi connectivity index (χ1n) is 5.92. The van der Waals surface area contributed by atoms with Crippen LogP contribution in [0.3, 0.4) is 0 Å². The maximum absolute atomic E-state index is 11.1. The molecule has 0 saturated carbocycles. The van der Waals surface area contributed by atoms with Crippen molar-refractivity contribution in [1.82, 2.24) is 4.90 Å². The van der Waals surface area contributed by atoms with E-state index in [0.29, 0.717) is 23.8 Å². The number of hydrogen-bond donors (Lipinski definition) is 2. The summed E-state index contributed by atoms with van der Waals surface area (Å²) in [5.41, 5.74) is 1.45. The molecular formula is C13H17ClN2O3. The number of benzene rings is 1. The number of carboxylic acid groups (broad SMARTS) is 1. The van der Waals surface area contributed by atoms with Crippen LogP contribution in [0.1, 0.15) is 19.4 Å². The van der Waals surface area contributed by atoms with Gasteiger partial charge in [-0.2, -0.15) is 0 Å². The molecule has 0 aliphatic heterocycles. The molecule has 1 amide bonds. The Morgan fingerprint density at radius 3 is 2.63 bits per heavy atom. The molecule has 2 N–H and O–H groups in total. The third-order valence-electron chi connectivity index (χ3n) is 2.58. The van der Waals surface area contributed by atoms with E-state index >= 15 is 0 Å². The Labute approximate surface area is 117 Å². The van der Waals surface area contributed by atoms with Gasteiger partial charge < -0.3 is 10.4 Å². The topological polar surface area (TPSA) is 69.6 Å². The van der Waals surface area contributed by atoms with Gasteiger partial charge in [-0.25, -0.2) is 0 Å². The molecule has 5 nitrogen and oxygen atoms in total. The molecule has 6 heteroatoms. The Morgan fingerprint density at radius 1 is 1.42 bits per heavy atom. The molecular weight excluding hydrogens is 268 g/mol. The fourth-order valence-electron chi connectivity index (χ4n) is 1.72. The van der Waals surface area contributed by atoms with Gasteiger partial charge in [0.05, 0.1) is 6.54 Å². The van der Waals surface area contributed by atoms with Crippen LogP contribution < -0.4 is 5.32 Å². The number of rotatable bonds is 6. The van der Waals surface area contributed by atoms with Crippen LogP contribution in [-0.2, 0) is 16.1 Å². The van der Waals surface area contributed by atoms with Crippen molar-refractivity contribution in [1.29, 1.82) is 0 Å². The number of likely N-dealkylation sites (N-methyl/N-ethyl adjacent to an activating group) is 1. The fourth-order valence-corrected chi connectivity index (χ4v) is 1.91. The zero-order valence-electron chi connectivity index (χ0n) is 10.9. The Kier molecular flexibility index (Phi) is 5.79. The van der Waals surface area contributed by atoms with Gasteiger partial charge in [-0.3, -0.25) is 14.5 Å². The predicted molar refractivity (Wildman–Crippen MR) is 74.3 cm³/mol. The van der Waals surface area contributed by atoms with Crippen molar-refractivity contribution in [3.05, 3.63) is 28.8 Å². The molecule has 0 bridgehead atoms. The first kappa shape index (κ1) is 15.5. The van der Waals surface area contributed by atoms with Crippen molar-refractivity contribution in [2.75, 3.05) is 18.4 Å². The molecule has 0 aromatic heterocycles. The van der Waals surface area contributed by atoms with Gasteiger partial charge in [0.15, 0.2) is 0 Å². The third kappa shape index (κ3) is 5.28.